The molecule has 4 fully saturated rings. The number of phenolic OH excluding ortho intramolecular Hbond substituents is 1. The lowest BCUT2D eigenvalue weighted by Gasteiger charge is -2.36. The quantitative estimate of drug-likeness (QED) is 0.278. The molecule has 2 aromatic carbocycles. The Morgan fingerprint density at radius 1 is 1.17 bits per heavy atom. The molecule has 2 N–H and O–H groups in total. The van der Waals surface area contributed by atoms with E-state index in [1.165, 1.54) is 24.4 Å². The molecular formula is C35H35F3N6O2. The first-order chi connectivity index (χ1) is 22.3. The second-order valence-electron chi connectivity index (χ2n) is 13.3. The van der Waals surface area contributed by atoms with Crippen molar-refractivity contribution in [1.82, 2.24) is 20.2 Å². The van der Waals surface area contributed by atoms with Crippen LogP contribution in [0.2, 0.25) is 0 Å². The van der Waals surface area contributed by atoms with Gasteiger partial charge in [-0.05, 0) is 73.2 Å². The van der Waals surface area contributed by atoms with Crippen LogP contribution in [-0.2, 0) is 6.42 Å². The molecule has 2 aromatic heterocycles. The van der Waals surface area contributed by atoms with Gasteiger partial charge in [-0.15, -0.1) is 0 Å². The van der Waals surface area contributed by atoms with Crippen molar-refractivity contribution in [3.05, 3.63) is 53.2 Å². The van der Waals surface area contributed by atoms with Gasteiger partial charge >= 0.3 is 0 Å². The number of nitrogens with zero attached hydrogens (tertiary/aromatic N) is 5. The van der Waals surface area contributed by atoms with Crippen molar-refractivity contribution in [1.29, 1.82) is 5.26 Å². The number of alkyl halides is 1. The van der Waals surface area contributed by atoms with Crippen LogP contribution in [0.3, 0.4) is 0 Å². The van der Waals surface area contributed by atoms with E-state index in [1.54, 1.807) is 6.07 Å². The van der Waals surface area contributed by atoms with Gasteiger partial charge in [-0.1, -0.05) is 13.0 Å². The molecule has 6 heterocycles. The molecule has 0 amide bonds. The van der Waals surface area contributed by atoms with E-state index >= 15 is 4.39 Å². The molecule has 0 saturated carbocycles. The Balaban J connectivity index is 1.32. The second-order valence-corrected chi connectivity index (χ2v) is 13.3. The fourth-order valence-electron chi connectivity index (χ4n) is 8.54. The molecule has 8 rings (SSSR count). The molecule has 4 atom stereocenters. The topological polar surface area (TPSA) is 97.5 Å². The van der Waals surface area contributed by atoms with Crippen LogP contribution in [0.5, 0.6) is 11.6 Å². The third-order valence-corrected chi connectivity index (χ3v) is 10.6. The molecule has 0 spiro atoms. The minimum atomic E-state index is -0.947. The van der Waals surface area contributed by atoms with Crippen LogP contribution in [0.1, 0.15) is 50.2 Å². The van der Waals surface area contributed by atoms with Gasteiger partial charge in [0.15, 0.2) is 5.82 Å². The number of rotatable bonds is 6. The predicted octanol–water partition coefficient (Wildman–Crippen LogP) is 5.76. The first-order valence-corrected chi connectivity index (χ1v) is 16.2. The van der Waals surface area contributed by atoms with Gasteiger partial charge in [0.05, 0.1) is 11.2 Å². The molecule has 4 aromatic rings. The number of benzene rings is 2. The van der Waals surface area contributed by atoms with Crippen LogP contribution in [0.4, 0.5) is 18.9 Å². The number of aromatic nitrogens is 2. The number of nitrogens with one attached hydrogen (secondary N) is 1. The third-order valence-electron chi connectivity index (χ3n) is 10.6. The molecule has 46 heavy (non-hydrogen) atoms. The van der Waals surface area contributed by atoms with Crippen LogP contribution < -0.4 is 15.0 Å². The van der Waals surface area contributed by atoms with Gasteiger partial charge in [0, 0.05) is 55.3 Å². The fourth-order valence-corrected chi connectivity index (χ4v) is 8.54. The predicted molar refractivity (Wildman–Crippen MR) is 169 cm³/mol. The maximum atomic E-state index is 17.0. The molecule has 11 heteroatoms. The summed E-state index contributed by atoms with van der Waals surface area (Å²) >= 11 is 0. The summed E-state index contributed by atoms with van der Waals surface area (Å²) in [4.78, 5) is 13.4. The summed E-state index contributed by atoms with van der Waals surface area (Å²) in [6, 6.07) is 8.60. The zero-order chi connectivity index (χ0) is 31.7. The molecule has 4 saturated heterocycles. The molecular weight excluding hydrogens is 593 g/mol. The van der Waals surface area contributed by atoms with Gasteiger partial charge in [-0.25, -0.2) is 18.2 Å². The van der Waals surface area contributed by atoms with Crippen LogP contribution in [0, 0.1) is 23.0 Å². The Kier molecular flexibility index (Phi) is 6.99. The molecule has 0 aliphatic carbocycles. The molecule has 2 bridgehead atoms. The van der Waals surface area contributed by atoms with Gasteiger partial charge in [-0.2, -0.15) is 5.26 Å². The van der Waals surface area contributed by atoms with Gasteiger partial charge < -0.3 is 20.1 Å². The molecule has 0 radical (unpaired) electrons. The minimum Gasteiger partial charge on any atom is -0.508 e. The van der Waals surface area contributed by atoms with Crippen molar-refractivity contribution in [3.8, 4) is 29.0 Å². The number of hydrogen-bond donors (Lipinski definition) is 2. The molecule has 238 valence electrons. The zero-order valence-corrected chi connectivity index (χ0v) is 25.6. The standard InChI is InChI=1S/C35H35F3N6O2/c1-2-24-28(37)7-4-19-10-23(45)11-25(29(19)24)31-30(38)32-27(14-40-31)33(43-16-21-5-6-22(17-43)41-21)26(13-39)34(42-32)46-18-35-8-3-9-44(35)15-20(36)12-35/h4,7,10-11,14,20-22,41,45H,2-3,5-6,8-9,12,15-18H2,1H3/t20-,21?,22?,35+/m1/s1. The van der Waals surface area contributed by atoms with Crippen molar-refractivity contribution in [3.63, 3.8) is 0 Å². The molecule has 4 aliphatic rings. The number of aryl methyl sites for hydroxylation is 1. The van der Waals surface area contributed by atoms with E-state index < -0.39 is 23.3 Å². The van der Waals surface area contributed by atoms with E-state index in [1.807, 2.05) is 6.92 Å². The average Bonchev–Trinajstić information content (AvgIpc) is 3.69. The van der Waals surface area contributed by atoms with Crippen molar-refractivity contribution in [2.24, 2.45) is 0 Å². The second kappa shape index (κ2) is 11.0. The van der Waals surface area contributed by atoms with Crippen molar-refractivity contribution < 1.29 is 23.0 Å². The number of nitriles is 1. The Labute approximate surface area is 264 Å². The Bertz CT molecular complexity index is 1920. The largest absolute Gasteiger partial charge is 0.508 e. The van der Waals surface area contributed by atoms with E-state index in [2.05, 4.69) is 31.2 Å². The van der Waals surface area contributed by atoms with Crippen LogP contribution in [-0.4, -0.2) is 76.6 Å². The highest BCUT2D eigenvalue weighted by atomic mass is 19.1. The summed E-state index contributed by atoms with van der Waals surface area (Å²) in [5, 5.41) is 26.1. The van der Waals surface area contributed by atoms with Gasteiger partial charge in [-0.3, -0.25) is 9.88 Å². The lowest BCUT2D eigenvalue weighted by atomic mass is 9.94. The van der Waals surface area contributed by atoms with E-state index in [-0.39, 0.29) is 52.7 Å². The minimum absolute atomic E-state index is 0.0107. The van der Waals surface area contributed by atoms with E-state index in [4.69, 9.17) is 4.74 Å². The summed E-state index contributed by atoms with van der Waals surface area (Å²) < 4.78 is 52.9. The SMILES string of the molecule is CCc1c(F)ccc2cc(O)cc(-c3ncc4c(N5CC6CCC(C5)N6)c(C#N)c(OC[C@@]56CCCN5C[C@H](F)C6)nc4c3F)c12. The summed E-state index contributed by atoms with van der Waals surface area (Å²) in [6.07, 6.45) is 5.01. The number of fused-ring (bicyclic) bond motifs is 5. The lowest BCUT2D eigenvalue weighted by molar-refractivity contribution is 0.110. The molecule has 8 nitrogen and oxygen atoms in total. The zero-order valence-electron chi connectivity index (χ0n) is 25.6. The lowest BCUT2D eigenvalue weighted by Crippen LogP contribution is -2.51. The summed E-state index contributed by atoms with van der Waals surface area (Å²) in [5.41, 5.74) is 0.778. The average molecular weight is 629 g/mol. The Morgan fingerprint density at radius 2 is 1.98 bits per heavy atom. The maximum absolute atomic E-state index is 17.0. The number of phenols is 1. The number of aromatic hydroxyl groups is 1. The summed E-state index contributed by atoms with van der Waals surface area (Å²) in [5.74, 6) is -1.27. The van der Waals surface area contributed by atoms with E-state index in [9.17, 15) is 19.1 Å². The number of anilines is 1. The van der Waals surface area contributed by atoms with Gasteiger partial charge in [0.1, 0.15) is 47.2 Å². The van der Waals surface area contributed by atoms with Gasteiger partial charge in [0.25, 0.3) is 0 Å². The van der Waals surface area contributed by atoms with Crippen LogP contribution >= 0.6 is 0 Å². The van der Waals surface area contributed by atoms with E-state index in [0.717, 1.165) is 32.2 Å². The monoisotopic (exact) mass is 628 g/mol. The number of ether oxygens (including phenoxy) is 1. The van der Waals surface area contributed by atoms with Crippen molar-refractivity contribution >= 4 is 27.4 Å². The highest BCUT2D eigenvalue weighted by Gasteiger charge is 2.49. The Hall–Kier alpha value is -4.14. The number of hydrogen-bond acceptors (Lipinski definition) is 8. The highest BCUT2D eigenvalue weighted by molar-refractivity contribution is 6.03. The molecule has 4 aliphatic heterocycles. The number of pyridine rings is 2. The summed E-state index contributed by atoms with van der Waals surface area (Å²) in [6.45, 7) is 4.37. The fraction of sp³-hybridized carbons (Fsp3) is 0.457. The van der Waals surface area contributed by atoms with Crippen molar-refractivity contribution in [2.75, 3.05) is 37.7 Å². The Morgan fingerprint density at radius 3 is 2.74 bits per heavy atom. The van der Waals surface area contributed by atoms with E-state index in [0.29, 0.717) is 59.9 Å². The first-order valence-electron chi connectivity index (χ1n) is 16.2. The highest BCUT2D eigenvalue weighted by Crippen LogP contribution is 2.44. The normalized spacial score (nSPS) is 25.8. The van der Waals surface area contributed by atoms with Gasteiger partial charge in [0.2, 0.25) is 5.88 Å². The molecule has 2 unspecified atom stereocenters. The van der Waals surface area contributed by atoms with Crippen molar-refractivity contribution in [2.45, 2.75) is 69.2 Å². The summed E-state index contributed by atoms with van der Waals surface area (Å²) in [7, 11) is 0. The maximum Gasteiger partial charge on any atom is 0.234 e. The first kappa shape index (κ1) is 29.3. The number of piperazine rings is 1. The number of halogens is 3. The van der Waals surface area contributed by atoms with Crippen LogP contribution in [0.25, 0.3) is 32.9 Å². The third kappa shape index (κ3) is 4.56. The van der Waals surface area contributed by atoms with Crippen LogP contribution in [0.15, 0.2) is 30.5 Å². The smallest absolute Gasteiger partial charge is 0.234 e.